The first kappa shape index (κ1) is 17.5. The summed E-state index contributed by atoms with van der Waals surface area (Å²) in [4.78, 5) is 0.342. The summed E-state index contributed by atoms with van der Waals surface area (Å²) >= 11 is 5.12. The SMILES string of the molecule is [B]c1cc(O)c(O)cc1C=CC(=S)NCc1cc(O)c(O)c(O)c1. The van der Waals surface area contributed by atoms with Gasteiger partial charge in [0.25, 0.3) is 0 Å². The molecule has 2 aromatic carbocycles. The second-order valence-corrected chi connectivity index (χ2v) is 5.44. The van der Waals surface area contributed by atoms with Crippen LogP contribution in [0, 0.1) is 0 Å². The van der Waals surface area contributed by atoms with Crippen LogP contribution in [0.15, 0.2) is 30.3 Å². The number of hydrogen-bond acceptors (Lipinski definition) is 6. The van der Waals surface area contributed by atoms with Gasteiger partial charge in [-0.15, -0.1) is 0 Å². The van der Waals surface area contributed by atoms with Gasteiger partial charge < -0.3 is 30.8 Å². The number of hydrogen-bond donors (Lipinski definition) is 6. The van der Waals surface area contributed by atoms with Crippen LogP contribution in [0.3, 0.4) is 0 Å². The highest BCUT2D eigenvalue weighted by molar-refractivity contribution is 7.80. The predicted molar refractivity (Wildman–Crippen MR) is 95.1 cm³/mol. The van der Waals surface area contributed by atoms with E-state index in [1.807, 2.05) is 0 Å². The van der Waals surface area contributed by atoms with Crippen molar-refractivity contribution in [2.75, 3.05) is 0 Å². The average molecular weight is 343 g/mol. The first-order valence-corrected chi connectivity index (χ1v) is 7.20. The van der Waals surface area contributed by atoms with Gasteiger partial charge in [-0.1, -0.05) is 23.8 Å². The van der Waals surface area contributed by atoms with Gasteiger partial charge in [0.15, 0.2) is 28.7 Å². The smallest absolute Gasteiger partial charge is 0.200 e. The van der Waals surface area contributed by atoms with Gasteiger partial charge in [0, 0.05) is 6.54 Å². The number of thiocarbonyl (C=S) groups is 1. The zero-order valence-electron chi connectivity index (χ0n) is 12.4. The van der Waals surface area contributed by atoms with E-state index in [1.54, 1.807) is 6.08 Å². The molecule has 0 aromatic heterocycles. The molecule has 8 heteroatoms. The summed E-state index contributed by atoms with van der Waals surface area (Å²) in [5, 5.41) is 49.8. The van der Waals surface area contributed by atoms with E-state index in [9.17, 15) is 25.5 Å². The minimum Gasteiger partial charge on any atom is -0.504 e. The zero-order valence-corrected chi connectivity index (χ0v) is 13.2. The highest BCUT2D eigenvalue weighted by Crippen LogP contribution is 2.35. The van der Waals surface area contributed by atoms with Crippen molar-refractivity contribution in [3.63, 3.8) is 0 Å². The number of phenols is 5. The largest absolute Gasteiger partial charge is 0.504 e. The summed E-state index contributed by atoms with van der Waals surface area (Å²) in [7, 11) is 5.72. The third-order valence-electron chi connectivity index (χ3n) is 3.19. The molecule has 0 aliphatic heterocycles. The normalized spacial score (nSPS) is 10.8. The van der Waals surface area contributed by atoms with Crippen LogP contribution in [0.25, 0.3) is 6.08 Å². The van der Waals surface area contributed by atoms with Gasteiger partial charge in [-0.2, -0.15) is 0 Å². The summed E-state index contributed by atoms with van der Waals surface area (Å²) in [6.45, 7) is 0.209. The Balaban J connectivity index is 2.02. The van der Waals surface area contributed by atoms with Crippen molar-refractivity contribution in [1.82, 2.24) is 5.32 Å². The van der Waals surface area contributed by atoms with E-state index in [4.69, 9.17) is 20.1 Å². The molecule has 0 atom stereocenters. The number of rotatable bonds is 4. The fourth-order valence-corrected chi connectivity index (χ4v) is 2.07. The van der Waals surface area contributed by atoms with Crippen molar-refractivity contribution >= 4 is 36.6 Å². The minimum atomic E-state index is -0.580. The van der Waals surface area contributed by atoms with Gasteiger partial charge in [0.2, 0.25) is 0 Å². The molecule has 0 heterocycles. The van der Waals surface area contributed by atoms with Crippen molar-refractivity contribution in [2.45, 2.75) is 6.54 Å². The molecular weight excluding hydrogens is 329 g/mol. The molecular formula is C16H14BNO5S. The van der Waals surface area contributed by atoms with E-state index >= 15 is 0 Å². The topological polar surface area (TPSA) is 113 Å². The zero-order chi connectivity index (χ0) is 17.9. The van der Waals surface area contributed by atoms with E-state index in [1.165, 1.54) is 30.3 Å². The summed E-state index contributed by atoms with van der Waals surface area (Å²) in [5.74, 6) is -2.04. The molecule has 0 bridgehead atoms. The Bertz CT molecular complexity index is 799. The average Bonchev–Trinajstić information content (AvgIpc) is 2.52. The Morgan fingerprint density at radius 3 is 2.17 bits per heavy atom. The van der Waals surface area contributed by atoms with Crippen LogP contribution in [0.2, 0.25) is 0 Å². The highest BCUT2D eigenvalue weighted by atomic mass is 32.1. The Labute approximate surface area is 144 Å². The van der Waals surface area contributed by atoms with Gasteiger partial charge in [-0.3, -0.25) is 0 Å². The lowest BCUT2D eigenvalue weighted by molar-refractivity contribution is 0.367. The van der Waals surface area contributed by atoms with Crippen molar-refractivity contribution in [3.8, 4) is 28.7 Å². The molecule has 0 aliphatic carbocycles. The van der Waals surface area contributed by atoms with E-state index in [0.29, 0.717) is 16.1 Å². The van der Waals surface area contributed by atoms with Crippen molar-refractivity contribution in [2.24, 2.45) is 0 Å². The van der Waals surface area contributed by atoms with Crippen LogP contribution in [0.4, 0.5) is 0 Å². The third kappa shape index (κ3) is 4.11. The molecule has 0 amide bonds. The van der Waals surface area contributed by atoms with Crippen molar-refractivity contribution < 1.29 is 25.5 Å². The van der Waals surface area contributed by atoms with Crippen LogP contribution in [-0.2, 0) is 6.54 Å². The minimum absolute atomic E-state index is 0.209. The standard InChI is InChI=1S/C16H14BNO5S/c17-10-6-12(20)11(19)5-9(10)1-2-15(24)18-7-8-3-13(21)16(23)14(22)4-8/h1-6,19-23H,7H2,(H,18,24). The molecule has 0 aliphatic rings. The number of benzene rings is 2. The number of phenolic OH excluding ortho intramolecular Hbond substituents is 5. The number of nitrogens with one attached hydrogen (secondary N) is 1. The molecule has 0 fully saturated rings. The maximum atomic E-state index is 9.46. The van der Waals surface area contributed by atoms with Crippen molar-refractivity contribution in [1.29, 1.82) is 0 Å². The monoisotopic (exact) mass is 343 g/mol. The molecule has 24 heavy (non-hydrogen) atoms. The van der Waals surface area contributed by atoms with Crippen LogP contribution in [0.5, 0.6) is 28.7 Å². The van der Waals surface area contributed by atoms with Crippen molar-refractivity contribution in [3.05, 3.63) is 41.5 Å². The maximum Gasteiger partial charge on any atom is 0.200 e. The second-order valence-electron chi connectivity index (χ2n) is 5.00. The Morgan fingerprint density at radius 2 is 1.54 bits per heavy atom. The van der Waals surface area contributed by atoms with Gasteiger partial charge >= 0.3 is 0 Å². The Kier molecular flexibility index (Phi) is 5.20. The molecule has 6 N–H and O–H groups in total. The van der Waals surface area contributed by atoms with Gasteiger partial charge in [0.1, 0.15) is 7.85 Å². The fraction of sp³-hybridized carbons (Fsp3) is 0.0625. The lowest BCUT2D eigenvalue weighted by Gasteiger charge is -2.08. The predicted octanol–water partition coefficient (Wildman–Crippen LogP) is 1.14. The second kappa shape index (κ2) is 7.14. The van der Waals surface area contributed by atoms with E-state index in [2.05, 4.69) is 5.32 Å². The summed E-state index contributed by atoms with van der Waals surface area (Å²) < 4.78 is 0. The molecule has 0 saturated carbocycles. The van der Waals surface area contributed by atoms with Gasteiger partial charge in [0.05, 0.1) is 4.99 Å². The molecule has 0 unspecified atom stereocenters. The summed E-state index contributed by atoms with van der Waals surface area (Å²) in [5.41, 5.74) is 1.27. The van der Waals surface area contributed by atoms with Crippen LogP contribution >= 0.6 is 12.2 Å². The highest BCUT2D eigenvalue weighted by Gasteiger charge is 2.08. The molecule has 2 aromatic rings. The lowest BCUT2D eigenvalue weighted by Crippen LogP contribution is -2.18. The summed E-state index contributed by atoms with van der Waals surface area (Å²) in [6, 6.07) is 5.13. The maximum absolute atomic E-state index is 9.46. The first-order chi connectivity index (χ1) is 11.3. The Morgan fingerprint density at radius 1 is 0.958 bits per heavy atom. The molecule has 2 radical (unpaired) electrons. The van der Waals surface area contributed by atoms with Crippen LogP contribution < -0.4 is 10.8 Å². The van der Waals surface area contributed by atoms with Crippen LogP contribution in [-0.4, -0.2) is 38.4 Å². The molecule has 122 valence electrons. The summed E-state index contributed by atoms with van der Waals surface area (Å²) in [6.07, 6.45) is 3.10. The fourth-order valence-electron chi connectivity index (χ4n) is 1.93. The number of aromatic hydroxyl groups is 5. The third-order valence-corrected chi connectivity index (χ3v) is 3.47. The van der Waals surface area contributed by atoms with Gasteiger partial charge in [-0.25, -0.2) is 0 Å². The lowest BCUT2D eigenvalue weighted by atomic mass is 9.90. The quantitative estimate of drug-likeness (QED) is 0.214. The molecule has 6 nitrogen and oxygen atoms in total. The van der Waals surface area contributed by atoms with E-state index in [0.717, 1.165) is 0 Å². The molecule has 0 spiro atoms. The van der Waals surface area contributed by atoms with E-state index < -0.39 is 17.2 Å². The van der Waals surface area contributed by atoms with Gasteiger partial charge in [-0.05, 0) is 41.5 Å². The van der Waals surface area contributed by atoms with E-state index in [-0.39, 0.29) is 23.5 Å². The van der Waals surface area contributed by atoms with Crippen LogP contribution in [0.1, 0.15) is 11.1 Å². The first-order valence-electron chi connectivity index (χ1n) is 6.79. The Hall–Kier alpha value is -2.87. The molecule has 0 saturated heterocycles. The molecule has 2 rings (SSSR count).